The van der Waals surface area contributed by atoms with E-state index in [2.05, 4.69) is 48.1 Å². The maximum Gasteiger partial charge on any atom is 0.0544 e. The van der Waals surface area contributed by atoms with E-state index in [1.54, 1.807) is 0 Å². The van der Waals surface area contributed by atoms with E-state index in [9.17, 15) is 0 Å². The molecule has 21 heavy (non-hydrogen) atoms. The van der Waals surface area contributed by atoms with Crippen LogP contribution in [0.25, 0.3) is 0 Å². The fourth-order valence-electron chi connectivity index (χ4n) is 3.07. The van der Waals surface area contributed by atoms with Gasteiger partial charge in [0.2, 0.25) is 0 Å². The van der Waals surface area contributed by atoms with Gasteiger partial charge in [-0.1, -0.05) is 26.8 Å². The largest absolute Gasteiger partial charge is 0.313 e. The lowest BCUT2D eigenvalue weighted by atomic mass is 9.87. The van der Waals surface area contributed by atoms with Crippen molar-refractivity contribution in [3.63, 3.8) is 0 Å². The monoisotopic (exact) mass is 289 g/mol. The highest BCUT2D eigenvalue weighted by Gasteiger charge is 2.21. The smallest absolute Gasteiger partial charge is 0.0544 e. The first-order chi connectivity index (χ1) is 10.2. The van der Waals surface area contributed by atoms with Crippen LogP contribution in [-0.4, -0.2) is 29.5 Å². The summed E-state index contributed by atoms with van der Waals surface area (Å²) in [6, 6.07) is 4.41. The molecule has 1 aliphatic heterocycles. The predicted molar refractivity (Wildman–Crippen MR) is 89.1 cm³/mol. The summed E-state index contributed by atoms with van der Waals surface area (Å²) >= 11 is 0. The van der Waals surface area contributed by atoms with Crippen LogP contribution in [0.2, 0.25) is 0 Å². The SMILES string of the molecule is CCCNCc1ccc(CN2CCC(C(C)C)CC2)nc1. The molecule has 0 saturated carbocycles. The molecule has 1 aromatic rings. The molecule has 1 N–H and O–H groups in total. The van der Waals surface area contributed by atoms with Gasteiger partial charge >= 0.3 is 0 Å². The van der Waals surface area contributed by atoms with Crippen molar-refractivity contribution in [2.75, 3.05) is 19.6 Å². The third-order valence-corrected chi connectivity index (χ3v) is 4.60. The van der Waals surface area contributed by atoms with Crippen molar-refractivity contribution < 1.29 is 0 Å². The molecule has 0 radical (unpaired) electrons. The number of hydrogen-bond donors (Lipinski definition) is 1. The van der Waals surface area contributed by atoms with E-state index in [4.69, 9.17) is 0 Å². The van der Waals surface area contributed by atoms with Gasteiger partial charge in [0.25, 0.3) is 0 Å². The molecule has 118 valence electrons. The first kappa shape index (κ1) is 16.4. The molecule has 1 aliphatic rings. The van der Waals surface area contributed by atoms with Crippen LogP contribution < -0.4 is 5.32 Å². The number of nitrogens with one attached hydrogen (secondary N) is 1. The molecule has 0 aromatic carbocycles. The lowest BCUT2D eigenvalue weighted by Crippen LogP contribution is -2.34. The average molecular weight is 289 g/mol. The van der Waals surface area contributed by atoms with Gasteiger partial charge in [-0.15, -0.1) is 0 Å². The molecule has 3 heteroatoms. The van der Waals surface area contributed by atoms with Gasteiger partial charge in [0.15, 0.2) is 0 Å². The Labute approximate surface area is 130 Å². The summed E-state index contributed by atoms with van der Waals surface area (Å²) in [6.45, 7) is 12.4. The summed E-state index contributed by atoms with van der Waals surface area (Å²) in [5.41, 5.74) is 2.49. The van der Waals surface area contributed by atoms with E-state index in [-0.39, 0.29) is 0 Å². The standard InChI is InChI=1S/C18H31N3/c1-4-9-19-12-16-5-6-18(20-13-16)14-21-10-7-17(8-11-21)15(2)3/h5-6,13,15,17,19H,4,7-12,14H2,1-3H3. The number of aromatic nitrogens is 1. The van der Waals surface area contributed by atoms with Crippen molar-refractivity contribution >= 4 is 0 Å². The molecule has 0 atom stereocenters. The molecular formula is C18H31N3. The maximum atomic E-state index is 4.62. The van der Waals surface area contributed by atoms with Gasteiger partial charge in [-0.05, 0) is 62.4 Å². The molecule has 1 fully saturated rings. The molecule has 0 bridgehead atoms. The van der Waals surface area contributed by atoms with Gasteiger partial charge in [0.05, 0.1) is 5.69 Å². The van der Waals surface area contributed by atoms with Gasteiger partial charge < -0.3 is 5.32 Å². The van der Waals surface area contributed by atoms with Gasteiger partial charge in [-0.2, -0.15) is 0 Å². The van der Waals surface area contributed by atoms with Gasteiger partial charge in [0.1, 0.15) is 0 Å². The van der Waals surface area contributed by atoms with Crippen LogP contribution in [0.15, 0.2) is 18.3 Å². The molecule has 0 spiro atoms. The summed E-state index contributed by atoms with van der Waals surface area (Å²) in [5, 5.41) is 3.42. The highest BCUT2D eigenvalue weighted by atomic mass is 15.1. The highest BCUT2D eigenvalue weighted by molar-refractivity contribution is 5.14. The van der Waals surface area contributed by atoms with Crippen LogP contribution in [0.4, 0.5) is 0 Å². The molecule has 2 heterocycles. The number of piperidine rings is 1. The minimum Gasteiger partial charge on any atom is -0.313 e. The Hall–Kier alpha value is -0.930. The zero-order valence-corrected chi connectivity index (χ0v) is 13.9. The van der Waals surface area contributed by atoms with Crippen LogP contribution in [0, 0.1) is 11.8 Å². The molecule has 2 rings (SSSR count). The third kappa shape index (κ3) is 5.40. The topological polar surface area (TPSA) is 28.2 Å². The second kappa shape index (κ2) is 8.50. The zero-order valence-electron chi connectivity index (χ0n) is 13.9. The van der Waals surface area contributed by atoms with E-state index in [0.717, 1.165) is 31.5 Å². The van der Waals surface area contributed by atoms with Gasteiger partial charge in [-0.25, -0.2) is 0 Å². The van der Waals surface area contributed by atoms with E-state index in [0.29, 0.717) is 0 Å². The molecular weight excluding hydrogens is 258 g/mol. The van der Waals surface area contributed by atoms with Crippen LogP contribution in [0.5, 0.6) is 0 Å². The minimum absolute atomic E-state index is 0.833. The second-order valence-electron chi connectivity index (χ2n) is 6.69. The third-order valence-electron chi connectivity index (χ3n) is 4.60. The Morgan fingerprint density at radius 2 is 2.05 bits per heavy atom. The molecule has 0 unspecified atom stereocenters. The normalized spacial score (nSPS) is 17.5. The molecule has 1 aromatic heterocycles. The first-order valence-corrected chi connectivity index (χ1v) is 8.56. The predicted octanol–water partition coefficient (Wildman–Crippen LogP) is 3.45. The number of pyridine rings is 1. The van der Waals surface area contributed by atoms with Crippen molar-refractivity contribution in [1.82, 2.24) is 15.2 Å². The fraction of sp³-hybridized carbons (Fsp3) is 0.722. The average Bonchev–Trinajstić information content (AvgIpc) is 2.50. The van der Waals surface area contributed by atoms with Crippen LogP contribution >= 0.6 is 0 Å². The fourth-order valence-corrected chi connectivity index (χ4v) is 3.07. The highest BCUT2D eigenvalue weighted by Crippen LogP contribution is 2.25. The Balaban J connectivity index is 1.76. The summed E-state index contributed by atoms with van der Waals surface area (Å²) in [5.74, 6) is 1.75. The lowest BCUT2D eigenvalue weighted by Gasteiger charge is -2.33. The van der Waals surface area contributed by atoms with E-state index < -0.39 is 0 Å². The minimum atomic E-state index is 0.833. The molecule has 0 amide bonds. The number of rotatable bonds is 7. The van der Waals surface area contributed by atoms with E-state index >= 15 is 0 Å². The quantitative estimate of drug-likeness (QED) is 0.779. The Morgan fingerprint density at radius 1 is 1.29 bits per heavy atom. The zero-order chi connectivity index (χ0) is 15.1. The van der Waals surface area contributed by atoms with Crippen LogP contribution in [-0.2, 0) is 13.1 Å². The van der Waals surface area contributed by atoms with Gasteiger partial charge in [0, 0.05) is 19.3 Å². The second-order valence-corrected chi connectivity index (χ2v) is 6.69. The number of likely N-dealkylation sites (tertiary alicyclic amines) is 1. The van der Waals surface area contributed by atoms with Crippen molar-refractivity contribution in [2.24, 2.45) is 11.8 Å². The van der Waals surface area contributed by atoms with Crippen molar-refractivity contribution in [2.45, 2.75) is 53.1 Å². The van der Waals surface area contributed by atoms with Gasteiger partial charge in [-0.3, -0.25) is 9.88 Å². The summed E-state index contributed by atoms with van der Waals surface area (Å²) in [6.07, 6.45) is 5.89. The van der Waals surface area contributed by atoms with Crippen molar-refractivity contribution in [3.8, 4) is 0 Å². The van der Waals surface area contributed by atoms with Crippen molar-refractivity contribution in [3.05, 3.63) is 29.6 Å². The molecule has 1 saturated heterocycles. The lowest BCUT2D eigenvalue weighted by molar-refractivity contribution is 0.150. The Bertz CT molecular complexity index is 391. The number of nitrogens with zero attached hydrogens (tertiary/aromatic N) is 2. The van der Waals surface area contributed by atoms with E-state index in [1.807, 2.05) is 6.20 Å². The number of hydrogen-bond acceptors (Lipinski definition) is 3. The van der Waals surface area contributed by atoms with Crippen molar-refractivity contribution in [1.29, 1.82) is 0 Å². The van der Waals surface area contributed by atoms with E-state index in [1.165, 1.54) is 43.6 Å². The Kier molecular flexibility index (Phi) is 6.65. The maximum absolute atomic E-state index is 4.62. The summed E-state index contributed by atoms with van der Waals surface area (Å²) in [7, 11) is 0. The molecule has 0 aliphatic carbocycles. The van der Waals surface area contributed by atoms with Crippen LogP contribution in [0.1, 0.15) is 51.3 Å². The van der Waals surface area contributed by atoms with Crippen LogP contribution in [0.3, 0.4) is 0 Å². The first-order valence-electron chi connectivity index (χ1n) is 8.56. The Morgan fingerprint density at radius 3 is 2.62 bits per heavy atom. The summed E-state index contributed by atoms with van der Waals surface area (Å²) in [4.78, 5) is 7.18. The molecule has 3 nitrogen and oxygen atoms in total. The summed E-state index contributed by atoms with van der Waals surface area (Å²) < 4.78 is 0.